The molecule has 1 aromatic carbocycles. The van der Waals surface area contributed by atoms with Gasteiger partial charge >= 0.3 is 0 Å². The summed E-state index contributed by atoms with van der Waals surface area (Å²) in [6.07, 6.45) is 3.73. The summed E-state index contributed by atoms with van der Waals surface area (Å²) in [6, 6.07) is 10.4. The van der Waals surface area contributed by atoms with Crippen LogP contribution in [0.4, 0.5) is 0 Å². The highest BCUT2D eigenvalue weighted by Gasteiger charge is 2.30. The average Bonchev–Trinajstić information content (AvgIpc) is 3.04. The second-order valence-corrected chi connectivity index (χ2v) is 6.35. The van der Waals surface area contributed by atoms with Gasteiger partial charge in [0, 0.05) is 11.6 Å². The first-order valence-electron chi connectivity index (χ1n) is 7.24. The Morgan fingerprint density at radius 2 is 2.05 bits per heavy atom. The summed E-state index contributed by atoms with van der Waals surface area (Å²) in [7, 11) is 0. The van der Waals surface area contributed by atoms with Crippen molar-refractivity contribution in [2.24, 2.45) is 5.41 Å². The van der Waals surface area contributed by atoms with E-state index in [0.717, 1.165) is 5.56 Å². The molecule has 1 heterocycles. The smallest absolute Gasteiger partial charge is 0.247 e. The van der Waals surface area contributed by atoms with Crippen LogP contribution < -0.4 is 5.32 Å². The number of benzene rings is 1. The van der Waals surface area contributed by atoms with E-state index in [1.54, 1.807) is 0 Å². The number of rotatable bonds is 4. The van der Waals surface area contributed by atoms with E-state index in [9.17, 15) is 0 Å². The summed E-state index contributed by atoms with van der Waals surface area (Å²) >= 11 is 0. The summed E-state index contributed by atoms with van der Waals surface area (Å²) in [5.41, 5.74) is 1.43. The van der Waals surface area contributed by atoms with Crippen molar-refractivity contribution in [1.29, 1.82) is 0 Å². The van der Waals surface area contributed by atoms with Gasteiger partial charge in [0.2, 0.25) is 11.8 Å². The quantitative estimate of drug-likeness (QED) is 0.926. The molecule has 0 spiro atoms. The normalized spacial score (nSPS) is 21.2. The molecule has 0 saturated heterocycles. The van der Waals surface area contributed by atoms with Gasteiger partial charge in [0.05, 0.1) is 6.54 Å². The molecule has 1 saturated carbocycles. The average molecular weight is 271 g/mol. The molecule has 1 aromatic heterocycles. The van der Waals surface area contributed by atoms with Gasteiger partial charge in [0.25, 0.3) is 0 Å². The van der Waals surface area contributed by atoms with Crippen molar-refractivity contribution in [1.82, 2.24) is 15.5 Å². The SMILES string of the molecule is CC1(C)CCC(NCc2nnc(-c3ccccc3)o2)C1. The van der Waals surface area contributed by atoms with Crippen molar-refractivity contribution in [2.45, 2.75) is 45.7 Å². The Balaban J connectivity index is 1.58. The van der Waals surface area contributed by atoms with Crippen molar-refractivity contribution in [2.75, 3.05) is 0 Å². The molecule has 0 bridgehead atoms. The van der Waals surface area contributed by atoms with Crippen LogP contribution in [0.2, 0.25) is 0 Å². The molecule has 0 amide bonds. The predicted octanol–water partition coefficient (Wildman–Crippen LogP) is 3.40. The Bertz CT molecular complexity index is 562. The molecule has 4 heteroatoms. The lowest BCUT2D eigenvalue weighted by atomic mass is 9.92. The molecule has 1 aliphatic carbocycles. The molecule has 1 unspecified atom stereocenters. The molecule has 3 rings (SSSR count). The minimum atomic E-state index is 0.460. The lowest BCUT2D eigenvalue weighted by Gasteiger charge is -2.17. The first-order chi connectivity index (χ1) is 9.62. The van der Waals surface area contributed by atoms with Gasteiger partial charge in [-0.2, -0.15) is 0 Å². The summed E-state index contributed by atoms with van der Waals surface area (Å²) in [5, 5.41) is 11.7. The number of nitrogens with zero attached hydrogens (tertiary/aromatic N) is 2. The number of hydrogen-bond donors (Lipinski definition) is 1. The minimum Gasteiger partial charge on any atom is -0.419 e. The zero-order valence-corrected chi connectivity index (χ0v) is 12.1. The maximum absolute atomic E-state index is 5.70. The molecule has 1 N–H and O–H groups in total. The first-order valence-corrected chi connectivity index (χ1v) is 7.24. The largest absolute Gasteiger partial charge is 0.419 e. The fourth-order valence-corrected chi connectivity index (χ4v) is 2.86. The van der Waals surface area contributed by atoms with Gasteiger partial charge in [-0.1, -0.05) is 32.0 Å². The van der Waals surface area contributed by atoms with Crippen LogP contribution in [0.25, 0.3) is 11.5 Å². The van der Waals surface area contributed by atoms with E-state index < -0.39 is 0 Å². The lowest BCUT2D eigenvalue weighted by molar-refractivity contribution is 0.358. The standard InChI is InChI=1S/C16H21N3O/c1-16(2)9-8-13(10-16)17-11-14-18-19-15(20-14)12-6-4-3-5-7-12/h3-7,13,17H,8-11H2,1-2H3. The second-order valence-electron chi connectivity index (χ2n) is 6.35. The van der Waals surface area contributed by atoms with Gasteiger partial charge in [0.15, 0.2) is 0 Å². The van der Waals surface area contributed by atoms with E-state index in [-0.39, 0.29) is 0 Å². The van der Waals surface area contributed by atoms with Crippen LogP contribution in [-0.2, 0) is 6.54 Å². The highest BCUT2D eigenvalue weighted by molar-refractivity contribution is 5.51. The minimum absolute atomic E-state index is 0.460. The molecule has 1 atom stereocenters. The van der Waals surface area contributed by atoms with Gasteiger partial charge in [-0.3, -0.25) is 0 Å². The van der Waals surface area contributed by atoms with Crippen molar-refractivity contribution in [3.63, 3.8) is 0 Å². The molecule has 4 nitrogen and oxygen atoms in total. The van der Waals surface area contributed by atoms with E-state index in [1.807, 2.05) is 30.3 Å². The maximum Gasteiger partial charge on any atom is 0.247 e. The summed E-state index contributed by atoms with van der Waals surface area (Å²) in [6.45, 7) is 5.31. The fourth-order valence-electron chi connectivity index (χ4n) is 2.86. The Morgan fingerprint density at radius 1 is 1.25 bits per heavy atom. The van der Waals surface area contributed by atoms with Gasteiger partial charge in [-0.15, -0.1) is 10.2 Å². The van der Waals surface area contributed by atoms with Crippen LogP contribution in [0.5, 0.6) is 0 Å². The molecule has 1 fully saturated rings. The van der Waals surface area contributed by atoms with Crippen LogP contribution in [-0.4, -0.2) is 16.2 Å². The topological polar surface area (TPSA) is 51.0 Å². The molecular formula is C16H21N3O. The van der Waals surface area contributed by atoms with Crippen molar-refractivity contribution >= 4 is 0 Å². The number of nitrogens with one attached hydrogen (secondary N) is 1. The highest BCUT2D eigenvalue weighted by Crippen LogP contribution is 2.36. The molecule has 20 heavy (non-hydrogen) atoms. The first kappa shape index (κ1) is 13.3. The number of aromatic nitrogens is 2. The monoisotopic (exact) mass is 271 g/mol. The van der Waals surface area contributed by atoms with Gasteiger partial charge in [-0.05, 0) is 36.8 Å². The molecule has 0 aliphatic heterocycles. The third kappa shape index (κ3) is 3.07. The molecule has 106 valence electrons. The molecule has 0 radical (unpaired) electrons. The molecule has 1 aliphatic rings. The van der Waals surface area contributed by atoms with Crippen molar-refractivity contribution in [3.05, 3.63) is 36.2 Å². The van der Waals surface area contributed by atoms with E-state index in [1.165, 1.54) is 19.3 Å². The Morgan fingerprint density at radius 3 is 2.75 bits per heavy atom. The van der Waals surface area contributed by atoms with Crippen LogP contribution >= 0.6 is 0 Å². The third-order valence-corrected chi connectivity index (χ3v) is 4.00. The van der Waals surface area contributed by atoms with Crippen LogP contribution in [0.3, 0.4) is 0 Å². The second kappa shape index (κ2) is 5.37. The van der Waals surface area contributed by atoms with Crippen LogP contribution in [0.1, 0.15) is 39.0 Å². The Kier molecular flexibility index (Phi) is 3.57. The van der Waals surface area contributed by atoms with E-state index >= 15 is 0 Å². The Labute approximate surface area is 119 Å². The summed E-state index contributed by atoms with van der Waals surface area (Å²) in [4.78, 5) is 0. The fraction of sp³-hybridized carbons (Fsp3) is 0.500. The predicted molar refractivity (Wildman–Crippen MR) is 78.0 cm³/mol. The van der Waals surface area contributed by atoms with Gasteiger partial charge in [0.1, 0.15) is 0 Å². The molecule has 2 aromatic rings. The maximum atomic E-state index is 5.70. The van der Waals surface area contributed by atoms with Crippen LogP contribution in [0.15, 0.2) is 34.7 Å². The van der Waals surface area contributed by atoms with Gasteiger partial charge < -0.3 is 9.73 Å². The van der Waals surface area contributed by atoms with Crippen molar-refractivity contribution < 1.29 is 4.42 Å². The van der Waals surface area contributed by atoms with Crippen molar-refractivity contribution in [3.8, 4) is 11.5 Å². The summed E-state index contributed by atoms with van der Waals surface area (Å²) in [5.74, 6) is 1.25. The van der Waals surface area contributed by atoms with E-state index in [2.05, 4.69) is 29.4 Å². The van der Waals surface area contributed by atoms with E-state index in [4.69, 9.17) is 4.42 Å². The zero-order valence-electron chi connectivity index (χ0n) is 12.1. The van der Waals surface area contributed by atoms with Crippen LogP contribution in [0, 0.1) is 5.41 Å². The third-order valence-electron chi connectivity index (χ3n) is 4.00. The van der Waals surface area contributed by atoms with E-state index in [0.29, 0.717) is 29.8 Å². The lowest BCUT2D eigenvalue weighted by Crippen LogP contribution is -2.26. The Hall–Kier alpha value is -1.68. The highest BCUT2D eigenvalue weighted by atomic mass is 16.4. The number of hydrogen-bond acceptors (Lipinski definition) is 4. The van der Waals surface area contributed by atoms with Gasteiger partial charge in [-0.25, -0.2) is 0 Å². The summed E-state index contributed by atoms with van der Waals surface area (Å²) < 4.78 is 5.70. The zero-order chi connectivity index (χ0) is 14.0. The molecular weight excluding hydrogens is 250 g/mol.